The van der Waals surface area contributed by atoms with E-state index in [2.05, 4.69) is 31.4 Å². The zero-order valence-corrected chi connectivity index (χ0v) is 27.4. The summed E-state index contributed by atoms with van der Waals surface area (Å²) < 4.78 is 5.56. The number of benzene rings is 2. The molecule has 0 aliphatic rings. The quantitative estimate of drug-likeness (QED) is 0.175. The average Bonchev–Trinajstić information content (AvgIpc) is 2.97. The van der Waals surface area contributed by atoms with Gasteiger partial charge in [-0.15, -0.1) is 0 Å². The number of carbonyl (C=O) groups is 3. The fourth-order valence-corrected chi connectivity index (χ4v) is 5.02. The number of hydrogen-bond acceptors (Lipinski definition) is 4. The molecule has 7 nitrogen and oxygen atoms in total. The Morgan fingerprint density at radius 3 is 2.02 bits per heavy atom. The molecule has 0 saturated carbocycles. The van der Waals surface area contributed by atoms with Crippen LogP contribution in [0.3, 0.4) is 0 Å². The van der Waals surface area contributed by atoms with E-state index >= 15 is 0 Å². The van der Waals surface area contributed by atoms with Crippen LogP contribution in [0.15, 0.2) is 54.6 Å². The average molecular weight is 594 g/mol. The monoisotopic (exact) mass is 593 g/mol. The summed E-state index contributed by atoms with van der Waals surface area (Å²) in [4.78, 5) is 43.1. The Balaban J connectivity index is 2.50. The summed E-state index contributed by atoms with van der Waals surface area (Å²) in [6, 6.07) is 15.9. The van der Waals surface area contributed by atoms with Crippen LogP contribution < -0.4 is 10.6 Å². The minimum absolute atomic E-state index is 0.201. The molecule has 2 unspecified atom stereocenters. The maximum Gasteiger partial charge on any atom is 0.408 e. The highest BCUT2D eigenvalue weighted by molar-refractivity contribution is 5.92. The Morgan fingerprint density at radius 1 is 0.791 bits per heavy atom. The van der Waals surface area contributed by atoms with Crippen LogP contribution in [0.4, 0.5) is 4.79 Å². The molecule has 2 N–H and O–H groups in total. The molecule has 7 heteroatoms. The first-order valence-corrected chi connectivity index (χ1v) is 16.3. The Bertz CT molecular complexity index is 1100. The number of nitrogens with one attached hydrogen (secondary N) is 2. The summed E-state index contributed by atoms with van der Waals surface area (Å²) in [6.07, 6.45) is 8.64. The van der Waals surface area contributed by atoms with Crippen molar-refractivity contribution < 1.29 is 19.1 Å². The molecule has 0 aliphatic carbocycles. The molecular formula is C36H55N3O4. The molecule has 3 amide bonds. The molecule has 238 valence electrons. The van der Waals surface area contributed by atoms with Crippen molar-refractivity contribution in [1.82, 2.24) is 15.5 Å². The van der Waals surface area contributed by atoms with E-state index in [0.29, 0.717) is 13.1 Å². The number of carbonyl (C=O) groups excluding carboxylic acids is 3. The van der Waals surface area contributed by atoms with Crippen LogP contribution in [0, 0.1) is 0 Å². The zero-order chi connectivity index (χ0) is 31.7. The lowest BCUT2D eigenvalue weighted by Crippen LogP contribution is -2.54. The van der Waals surface area contributed by atoms with Gasteiger partial charge in [0, 0.05) is 19.5 Å². The smallest absolute Gasteiger partial charge is 0.408 e. The van der Waals surface area contributed by atoms with Gasteiger partial charge in [0.15, 0.2) is 0 Å². The third kappa shape index (κ3) is 13.2. The van der Waals surface area contributed by atoms with Crippen molar-refractivity contribution in [2.24, 2.45) is 0 Å². The van der Waals surface area contributed by atoms with Crippen LogP contribution in [0.1, 0.15) is 116 Å². The van der Waals surface area contributed by atoms with Gasteiger partial charge >= 0.3 is 6.09 Å². The highest BCUT2D eigenvalue weighted by Gasteiger charge is 2.36. The van der Waals surface area contributed by atoms with E-state index in [1.807, 2.05) is 54.6 Å². The SMILES string of the molecule is CCCCCCCCN(C(=O)C(Cc1ccccc1)NC(=O)OC(C)(C)C)C(C(=O)NCCCC)c1ccc(CC)cc1. The summed E-state index contributed by atoms with van der Waals surface area (Å²) in [6.45, 7) is 12.7. The molecule has 0 saturated heterocycles. The first-order valence-electron chi connectivity index (χ1n) is 16.3. The van der Waals surface area contributed by atoms with Crippen molar-refractivity contribution in [2.45, 2.75) is 123 Å². The number of ether oxygens (including phenoxy) is 1. The van der Waals surface area contributed by atoms with Gasteiger partial charge < -0.3 is 20.3 Å². The number of aryl methyl sites for hydroxylation is 1. The van der Waals surface area contributed by atoms with Crippen LogP contribution in [0.2, 0.25) is 0 Å². The van der Waals surface area contributed by atoms with E-state index in [-0.39, 0.29) is 18.2 Å². The van der Waals surface area contributed by atoms with Gasteiger partial charge in [-0.1, -0.05) is 114 Å². The predicted octanol–water partition coefficient (Wildman–Crippen LogP) is 7.53. The second-order valence-corrected chi connectivity index (χ2v) is 12.3. The molecule has 2 atom stereocenters. The molecule has 0 fully saturated rings. The molecule has 2 aromatic carbocycles. The summed E-state index contributed by atoms with van der Waals surface area (Å²) in [5, 5.41) is 5.93. The molecule has 0 aromatic heterocycles. The fraction of sp³-hybridized carbons (Fsp3) is 0.583. The van der Waals surface area contributed by atoms with E-state index in [9.17, 15) is 14.4 Å². The van der Waals surface area contributed by atoms with Gasteiger partial charge in [0.2, 0.25) is 11.8 Å². The number of nitrogens with zero attached hydrogens (tertiary/aromatic N) is 1. The van der Waals surface area contributed by atoms with Crippen LogP contribution in [-0.2, 0) is 27.2 Å². The van der Waals surface area contributed by atoms with Gasteiger partial charge in [-0.05, 0) is 56.7 Å². The van der Waals surface area contributed by atoms with Crippen LogP contribution >= 0.6 is 0 Å². The van der Waals surface area contributed by atoms with Crippen LogP contribution in [0.5, 0.6) is 0 Å². The van der Waals surface area contributed by atoms with Gasteiger partial charge in [-0.3, -0.25) is 9.59 Å². The van der Waals surface area contributed by atoms with Crippen molar-refractivity contribution in [1.29, 1.82) is 0 Å². The number of hydrogen-bond donors (Lipinski definition) is 2. The van der Waals surface area contributed by atoms with E-state index in [4.69, 9.17) is 4.74 Å². The zero-order valence-electron chi connectivity index (χ0n) is 27.4. The lowest BCUT2D eigenvalue weighted by Gasteiger charge is -2.35. The molecule has 0 spiro atoms. The molecule has 0 heterocycles. The number of unbranched alkanes of at least 4 members (excludes halogenated alkanes) is 6. The maximum atomic E-state index is 14.6. The van der Waals surface area contributed by atoms with Gasteiger partial charge in [0.25, 0.3) is 0 Å². The predicted molar refractivity (Wildman–Crippen MR) is 175 cm³/mol. The van der Waals surface area contributed by atoms with E-state index in [1.165, 1.54) is 6.42 Å². The summed E-state index contributed by atoms with van der Waals surface area (Å²) in [5.41, 5.74) is 2.12. The molecule has 0 radical (unpaired) electrons. The van der Waals surface area contributed by atoms with Gasteiger partial charge in [-0.2, -0.15) is 0 Å². The molecule has 2 rings (SSSR count). The Kier molecular flexibility index (Phi) is 15.9. The van der Waals surface area contributed by atoms with Crippen molar-refractivity contribution in [3.63, 3.8) is 0 Å². The topological polar surface area (TPSA) is 87.7 Å². The molecule has 43 heavy (non-hydrogen) atoms. The fourth-order valence-electron chi connectivity index (χ4n) is 5.02. The number of alkyl carbamates (subject to hydrolysis) is 1. The van der Waals surface area contributed by atoms with Gasteiger partial charge in [0.1, 0.15) is 17.7 Å². The second-order valence-electron chi connectivity index (χ2n) is 12.3. The van der Waals surface area contributed by atoms with Gasteiger partial charge in [-0.25, -0.2) is 4.79 Å². The second kappa shape index (κ2) is 19.0. The molecule has 0 aliphatic heterocycles. The Labute approximate surface area is 260 Å². The highest BCUT2D eigenvalue weighted by Crippen LogP contribution is 2.25. The number of amides is 3. The summed E-state index contributed by atoms with van der Waals surface area (Å²) in [5.74, 6) is -0.494. The lowest BCUT2D eigenvalue weighted by atomic mass is 9.98. The highest BCUT2D eigenvalue weighted by atomic mass is 16.6. The van der Waals surface area contributed by atoms with Gasteiger partial charge in [0.05, 0.1) is 0 Å². The van der Waals surface area contributed by atoms with Crippen LogP contribution in [0.25, 0.3) is 0 Å². The Hall–Kier alpha value is -3.35. The van der Waals surface area contributed by atoms with Crippen molar-refractivity contribution in [3.05, 3.63) is 71.3 Å². The maximum absolute atomic E-state index is 14.6. The molecule has 2 aromatic rings. The summed E-state index contributed by atoms with van der Waals surface area (Å²) >= 11 is 0. The molecule has 0 bridgehead atoms. The van der Waals surface area contributed by atoms with E-state index in [0.717, 1.165) is 68.1 Å². The minimum atomic E-state index is -0.904. The van der Waals surface area contributed by atoms with E-state index < -0.39 is 23.8 Å². The standard InChI is InChI=1S/C36H55N3O4/c1-7-10-12-13-14-18-26-39(32(33(40)37-25-11-8-2)30-23-21-28(9-3)22-24-30)34(41)31(27-29-19-16-15-17-20-29)38-35(42)43-36(4,5)6/h15-17,19-24,31-32H,7-14,18,25-27H2,1-6H3,(H,37,40)(H,38,42). The van der Waals surface area contributed by atoms with E-state index in [1.54, 1.807) is 25.7 Å². The first-order chi connectivity index (χ1) is 20.6. The first kappa shape index (κ1) is 35.8. The van der Waals surface area contributed by atoms with Crippen LogP contribution in [-0.4, -0.2) is 47.5 Å². The lowest BCUT2D eigenvalue weighted by molar-refractivity contribution is -0.142. The summed E-state index contributed by atoms with van der Waals surface area (Å²) in [7, 11) is 0. The normalized spacial score (nSPS) is 12.7. The Morgan fingerprint density at radius 2 is 1.42 bits per heavy atom. The minimum Gasteiger partial charge on any atom is -0.444 e. The molecular weight excluding hydrogens is 538 g/mol. The van der Waals surface area contributed by atoms with Crippen molar-refractivity contribution in [2.75, 3.05) is 13.1 Å². The largest absolute Gasteiger partial charge is 0.444 e. The van der Waals surface area contributed by atoms with Crippen molar-refractivity contribution in [3.8, 4) is 0 Å². The number of rotatable bonds is 18. The van der Waals surface area contributed by atoms with Crippen molar-refractivity contribution >= 4 is 17.9 Å². The third-order valence-electron chi connectivity index (χ3n) is 7.40. The third-order valence-corrected chi connectivity index (χ3v) is 7.40.